The first kappa shape index (κ1) is 45.1. The Balaban J connectivity index is 1.01. The lowest BCUT2D eigenvalue weighted by Gasteiger charge is -2.50. The minimum atomic E-state index is -1.52. The number of carbonyl (C=O) groups excluding carboxylic acids is 4. The lowest BCUT2D eigenvalue weighted by molar-refractivity contribution is -0.235. The Morgan fingerprint density at radius 1 is 0.938 bits per heavy atom. The first-order chi connectivity index (χ1) is 31.2. The molecule has 14 nitrogen and oxygen atoms in total. The Kier molecular flexibility index (Phi) is 12.4. The molecule has 0 radical (unpaired) electrons. The van der Waals surface area contributed by atoms with Crippen molar-refractivity contribution in [3.05, 3.63) is 107 Å². The molecule has 3 saturated carbocycles. The summed E-state index contributed by atoms with van der Waals surface area (Å²) < 4.78 is 25.7. The Morgan fingerprint density at radius 2 is 1.62 bits per heavy atom. The number of allylic oxidation sites excluding steroid dienone is 1. The highest BCUT2D eigenvalue weighted by Crippen LogP contribution is 2.64. The molecule has 3 saturated heterocycles. The number of hydrogen-bond acceptors (Lipinski definition) is 12. The van der Waals surface area contributed by atoms with Gasteiger partial charge in [-0.2, -0.15) is 5.06 Å². The van der Waals surface area contributed by atoms with Gasteiger partial charge in [0.05, 0.1) is 19.2 Å². The van der Waals surface area contributed by atoms with Crippen LogP contribution in [0.1, 0.15) is 88.0 Å². The molecule has 3 aromatic rings. The summed E-state index contributed by atoms with van der Waals surface area (Å²) >= 11 is 0. The van der Waals surface area contributed by atoms with Crippen molar-refractivity contribution >= 4 is 29.8 Å². The molecule has 9 rings (SSSR count). The van der Waals surface area contributed by atoms with E-state index >= 15 is 4.79 Å². The van der Waals surface area contributed by atoms with Gasteiger partial charge >= 0.3 is 11.9 Å². The number of likely N-dealkylation sites (N-methyl/N-ethyl adjacent to an activating group) is 1. The molecule has 8 unspecified atom stereocenters. The molecule has 3 aliphatic carbocycles. The van der Waals surface area contributed by atoms with E-state index in [2.05, 4.69) is 5.32 Å². The molecule has 3 aromatic carbocycles. The molecule has 8 atom stereocenters. The summed E-state index contributed by atoms with van der Waals surface area (Å²) in [6, 6.07) is 21.4. The Morgan fingerprint density at radius 3 is 2.28 bits per heavy atom. The van der Waals surface area contributed by atoms with E-state index in [9.17, 15) is 24.6 Å². The van der Waals surface area contributed by atoms with Gasteiger partial charge in [0.2, 0.25) is 11.8 Å². The number of phenols is 1. The number of nitrogens with zero attached hydrogens (tertiary/aromatic N) is 2. The molecule has 6 aliphatic rings. The second-order valence-electron chi connectivity index (χ2n) is 19.8. The van der Waals surface area contributed by atoms with Crippen molar-refractivity contribution < 1.29 is 53.2 Å². The lowest BCUT2D eigenvalue weighted by atomic mass is 9.62. The van der Waals surface area contributed by atoms with E-state index in [-0.39, 0.29) is 49.8 Å². The summed E-state index contributed by atoms with van der Waals surface area (Å²) in [4.78, 5) is 65.8. The molecule has 14 heteroatoms. The summed E-state index contributed by atoms with van der Waals surface area (Å²) in [5, 5.41) is 25.1. The Bertz CT molecular complexity index is 2260. The van der Waals surface area contributed by atoms with Crippen LogP contribution in [0.2, 0.25) is 0 Å². The number of fused-ring (bicyclic) bond motifs is 4. The second-order valence-corrected chi connectivity index (χ2v) is 19.8. The summed E-state index contributed by atoms with van der Waals surface area (Å²) in [5.41, 5.74) is 1.20. The Hall–Kier alpha value is -5.12. The van der Waals surface area contributed by atoms with Crippen LogP contribution in [0.5, 0.6) is 5.75 Å². The van der Waals surface area contributed by atoms with E-state index in [0.29, 0.717) is 6.42 Å². The van der Waals surface area contributed by atoms with Gasteiger partial charge in [-0.15, -0.1) is 0 Å². The van der Waals surface area contributed by atoms with Crippen LogP contribution in [-0.4, -0.2) is 112 Å². The number of para-hydroxylation sites is 1. The van der Waals surface area contributed by atoms with Gasteiger partial charge < -0.3 is 39.4 Å². The minimum Gasteiger partial charge on any atom is -0.508 e. The van der Waals surface area contributed by atoms with Crippen LogP contribution < -0.4 is 5.32 Å². The first-order valence-corrected chi connectivity index (χ1v) is 23.1. The van der Waals surface area contributed by atoms with Gasteiger partial charge in [0.15, 0.2) is 11.8 Å². The fraction of sp³-hybridized carbons (Fsp3) is 0.529. The average Bonchev–Trinajstić information content (AvgIpc) is 4.23. The molecule has 0 aromatic heterocycles. The molecule has 2 bridgehead atoms. The monoisotopic (exact) mass is 891 g/mol. The van der Waals surface area contributed by atoms with Crippen LogP contribution in [0.15, 0.2) is 84.9 Å². The fourth-order valence-electron chi connectivity index (χ4n) is 10.5. The molecule has 3 N–H and O–H groups in total. The zero-order valence-corrected chi connectivity index (χ0v) is 37.6. The standard InChI is InChI=1S/C51H61N3O11/c1-49(2,3)62-41(57)26-25-37(30-55)52-46(58)38(27-32-11-6-5-7-12-32)53(4)48(60)50-28-40-42-43(64-51(63-42,35-21-22-35)36-23-24-36)45(50)65-54(44(50)47(59)61-40)29-33-19-17-31(18-20-33)13-10-15-34-14-8-9-16-39(34)56/h5-14,16-20,35-38,40,42-45,55-56H,15,21-30H2,1-4H3,(H,52,58). The number of nitrogens with one attached hydrogen (secondary N) is 1. The van der Waals surface area contributed by atoms with E-state index in [1.807, 2.05) is 78.9 Å². The smallest absolute Gasteiger partial charge is 0.327 e. The number of rotatable bonds is 17. The number of hydroxylamine groups is 2. The van der Waals surface area contributed by atoms with Gasteiger partial charge in [0.1, 0.15) is 47.2 Å². The van der Waals surface area contributed by atoms with E-state index in [0.717, 1.165) is 47.9 Å². The van der Waals surface area contributed by atoms with Gasteiger partial charge in [-0.05, 0) is 87.6 Å². The highest BCUT2D eigenvalue weighted by Gasteiger charge is 2.78. The molecule has 346 valence electrons. The maximum absolute atomic E-state index is 15.8. The SMILES string of the molecule is CN(C(=O)C12CC3OC(=O)C1N(Cc1ccc(C=CCc4ccccc4O)cc1)OC2C1OC(C2CC2)(C2CC2)OC31)C(Cc1ccccc1)C(=O)NC(CO)CCC(=O)OC(C)(C)C. The Labute approximate surface area is 380 Å². The predicted octanol–water partition coefficient (Wildman–Crippen LogP) is 5.42. The average molecular weight is 892 g/mol. The molecule has 3 aliphatic heterocycles. The van der Waals surface area contributed by atoms with Gasteiger partial charge in [-0.1, -0.05) is 84.9 Å². The predicted molar refractivity (Wildman–Crippen MR) is 237 cm³/mol. The van der Waals surface area contributed by atoms with Crippen LogP contribution in [-0.2, 0) is 62.3 Å². The van der Waals surface area contributed by atoms with Crippen molar-refractivity contribution in [2.75, 3.05) is 13.7 Å². The molecule has 0 spiro atoms. The number of amides is 2. The quantitative estimate of drug-likeness (QED) is 0.147. The molecule has 65 heavy (non-hydrogen) atoms. The normalized spacial score (nSPS) is 27.7. The van der Waals surface area contributed by atoms with Crippen LogP contribution in [0, 0.1) is 17.3 Å². The number of phenolic OH excluding ortho intramolecular Hbond substituents is 1. The van der Waals surface area contributed by atoms with Crippen LogP contribution >= 0.6 is 0 Å². The number of ether oxygens (including phenoxy) is 4. The summed E-state index contributed by atoms with van der Waals surface area (Å²) in [5.74, 6) is -2.20. The maximum Gasteiger partial charge on any atom is 0.327 e. The number of aliphatic hydroxyl groups excluding tert-OH is 1. The summed E-state index contributed by atoms with van der Waals surface area (Å²) in [6.45, 7) is 5.03. The number of esters is 2. The topological polar surface area (TPSA) is 173 Å². The fourth-order valence-corrected chi connectivity index (χ4v) is 10.5. The molecule has 2 amide bonds. The van der Waals surface area contributed by atoms with E-state index in [1.54, 1.807) is 45.0 Å². The van der Waals surface area contributed by atoms with E-state index in [1.165, 1.54) is 4.90 Å². The van der Waals surface area contributed by atoms with Gasteiger partial charge in [-0.25, -0.2) is 0 Å². The molecular weight excluding hydrogens is 831 g/mol. The lowest BCUT2D eigenvalue weighted by Crippen LogP contribution is -2.70. The van der Waals surface area contributed by atoms with Crippen LogP contribution in [0.4, 0.5) is 0 Å². The third kappa shape index (κ3) is 9.08. The third-order valence-corrected chi connectivity index (χ3v) is 13.9. The highest BCUT2D eigenvalue weighted by atomic mass is 16.8. The number of benzene rings is 3. The van der Waals surface area contributed by atoms with Crippen LogP contribution in [0.3, 0.4) is 0 Å². The zero-order valence-electron chi connectivity index (χ0n) is 37.6. The number of aromatic hydroxyl groups is 1. The van der Waals surface area contributed by atoms with Crippen LogP contribution in [0.25, 0.3) is 6.08 Å². The van der Waals surface area contributed by atoms with Crippen molar-refractivity contribution in [3.8, 4) is 5.75 Å². The molecule has 6 fully saturated rings. The second kappa shape index (κ2) is 17.9. The van der Waals surface area contributed by atoms with Crippen molar-refractivity contribution in [1.29, 1.82) is 0 Å². The number of carbonyl (C=O) groups is 4. The number of hydrogen-bond donors (Lipinski definition) is 3. The third-order valence-electron chi connectivity index (χ3n) is 13.9. The highest BCUT2D eigenvalue weighted by molar-refractivity contribution is 5.96. The van der Waals surface area contributed by atoms with E-state index in [4.69, 9.17) is 23.8 Å². The number of aliphatic hydroxyl groups is 1. The van der Waals surface area contributed by atoms with Gasteiger partial charge in [0.25, 0.3) is 0 Å². The summed E-state index contributed by atoms with van der Waals surface area (Å²) in [6.07, 6.45) is 5.66. The van der Waals surface area contributed by atoms with Crippen molar-refractivity contribution in [2.24, 2.45) is 17.3 Å². The maximum atomic E-state index is 15.8. The van der Waals surface area contributed by atoms with Crippen molar-refractivity contribution in [1.82, 2.24) is 15.3 Å². The molecular formula is C51H61N3O11. The zero-order chi connectivity index (χ0) is 45.7. The summed E-state index contributed by atoms with van der Waals surface area (Å²) in [7, 11) is 1.58. The van der Waals surface area contributed by atoms with Crippen molar-refractivity contribution in [3.63, 3.8) is 0 Å². The first-order valence-electron chi connectivity index (χ1n) is 23.1. The van der Waals surface area contributed by atoms with Gasteiger partial charge in [0, 0.05) is 38.1 Å². The van der Waals surface area contributed by atoms with Gasteiger partial charge in [-0.3, -0.25) is 24.0 Å². The largest absolute Gasteiger partial charge is 0.508 e. The van der Waals surface area contributed by atoms with E-state index < -0.39 is 89.7 Å². The minimum absolute atomic E-state index is 0.0308. The molecule has 3 heterocycles. The van der Waals surface area contributed by atoms with Crippen molar-refractivity contribution in [2.45, 2.75) is 139 Å².